The van der Waals surface area contributed by atoms with Gasteiger partial charge in [0.25, 0.3) is 0 Å². The zero-order chi connectivity index (χ0) is 16.9. The standard InChI is InChI=1S/C17H23F3N2O/c1-12(14-4-6-15(7-5-14)17(18,19)20)9-16(23)22-11-13-3-2-8-21-10-13/h4-7,12-13,21H,2-3,8-11H2,1H3,(H,22,23). The highest BCUT2D eigenvalue weighted by molar-refractivity contribution is 5.76. The van der Waals surface area contributed by atoms with Crippen molar-refractivity contribution in [3.05, 3.63) is 35.4 Å². The summed E-state index contributed by atoms with van der Waals surface area (Å²) in [7, 11) is 0. The van der Waals surface area contributed by atoms with Crippen LogP contribution in [-0.2, 0) is 11.0 Å². The number of nitrogens with one attached hydrogen (secondary N) is 2. The number of carbonyl (C=O) groups is 1. The molecule has 0 spiro atoms. The summed E-state index contributed by atoms with van der Waals surface area (Å²) in [4.78, 5) is 12.0. The maximum Gasteiger partial charge on any atom is 0.416 e. The van der Waals surface area contributed by atoms with E-state index in [1.165, 1.54) is 12.1 Å². The smallest absolute Gasteiger partial charge is 0.356 e. The monoisotopic (exact) mass is 328 g/mol. The number of alkyl halides is 3. The molecule has 1 saturated heterocycles. The van der Waals surface area contributed by atoms with Crippen LogP contribution >= 0.6 is 0 Å². The molecule has 0 aromatic heterocycles. The van der Waals surface area contributed by atoms with Gasteiger partial charge in [0.1, 0.15) is 0 Å². The first-order chi connectivity index (χ1) is 10.9. The van der Waals surface area contributed by atoms with Crippen LogP contribution < -0.4 is 10.6 Å². The molecule has 1 aromatic carbocycles. The first-order valence-corrected chi connectivity index (χ1v) is 8.01. The van der Waals surface area contributed by atoms with Crippen LogP contribution in [0.15, 0.2) is 24.3 Å². The highest BCUT2D eigenvalue weighted by Crippen LogP contribution is 2.30. The summed E-state index contributed by atoms with van der Waals surface area (Å²) in [5.41, 5.74) is 0.0789. The van der Waals surface area contributed by atoms with Crippen LogP contribution in [0.1, 0.15) is 43.2 Å². The average molecular weight is 328 g/mol. The Hall–Kier alpha value is -1.56. The van der Waals surface area contributed by atoms with Gasteiger partial charge in [0.2, 0.25) is 5.91 Å². The molecule has 2 unspecified atom stereocenters. The molecular weight excluding hydrogens is 305 g/mol. The van der Waals surface area contributed by atoms with Gasteiger partial charge in [-0.3, -0.25) is 4.79 Å². The van der Waals surface area contributed by atoms with E-state index in [-0.39, 0.29) is 18.2 Å². The van der Waals surface area contributed by atoms with Gasteiger partial charge >= 0.3 is 6.18 Å². The van der Waals surface area contributed by atoms with Crippen LogP contribution in [0.3, 0.4) is 0 Å². The maximum atomic E-state index is 12.5. The third-order valence-electron chi connectivity index (χ3n) is 4.29. The first kappa shape index (κ1) is 17.8. The van der Waals surface area contributed by atoms with E-state index in [0.29, 0.717) is 12.5 Å². The fourth-order valence-corrected chi connectivity index (χ4v) is 2.83. The van der Waals surface area contributed by atoms with Gasteiger partial charge in [-0.1, -0.05) is 19.1 Å². The van der Waals surface area contributed by atoms with Crippen molar-refractivity contribution >= 4 is 5.91 Å². The molecule has 1 heterocycles. The van der Waals surface area contributed by atoms with Gasteiger partial charge in [-0.05, 0) is 55.5 Å². The lowest BCUT2D eigenvalue weighted by atomic mass is 9.96. The first-order valence-electron chi connectivity index (χ1n) is 8.01. The van der Waals surface area contributed by atoms with Gasteiger partial charge in [-0.2, -0.15) is 13.2 Å². The molecule has 2 atom stereocenters. The van der Waals surface area contributed by atoms with Crippen LogP contribution in [0, 0.1) is 5.92 Å². The minimum absolute atomic E-state index is 0.0528. The van der Waals surface area contributed by atoms with Crippen LogP contribution in [-0.4, -0.2) is 25.5 Å². The highest BCUT2D eigenvalue weighted by atomic mass is 19.4. The van der Waals surface area contributed by atoms with E-state index < -0.39 is 11.7 Å². The van der Waals surface area contributed by atoms with Gasteiger partial charge in [0, 0.05) is 13.0 Å². The second kappa shape index (κ2) is 7.81. The quantitative estimate of drug-likeness (QED) is 0.871. The Bertz CT molecular complexity index is 508. The normalized spacial score (nSPS) is 20.1. The second-order valence-electron chi connectivity index (χ2n) is 6.24. The zero-order valence-electron chi connectivity index (χ0n) is 13.2. The summed E-state index contributed by atoms with van der Waals surface area (Å²) in [5.74, 6) is 0.304. The number of rotatable bonds is 5. The van der Waals surface area contributed by atoms with Crippen LogP contribution in [0.5, 0.6) is 0 Å². The number of benzene rings is 1. The molecule has 2 N–H and O–H groups in total. The van der Waals surface area contributed by atoms with Crippen molar-refractivity contribution in [2.75, 3.05) is 19.6 Å². The third-order valence-corrected chi connectivity index (χ3v) is 4.29. The lowest BCUT2D eigenvalue weighted by molar-refractivity contribution is -0.137. The second-order valence-corrected chi connectivity index (χ2v) is 6.24. The molecule has 0 radical (unpaired) electrons. The number of hydrogen-bond donors (Lipinski definition) is 2. The van der Waals surface area contributed by atoms with Crippen LogP contribution in [0.4, 0.5) is 13.2 Å². The lowest BCUT2D eigenvalue weighted by Gasteiger charge is -2.23. The topological polar surface area (TPSA) is 41.1 Å². The summed E-state index contributed by atoms with van der Waals surface area (Å²) in [6.45, 7) is 4.47. The molecule has 1 amide bonds. The van der Waals surface area contributed by atoms with Gasteiger partial charge in [0.15, 0.2) is 0 Å². The summed E-state index contributed by atoms with van der Waals surface area (Å²) in [5, 5.41) is 6.23. The van der Waals surface area contributed by atoms with E-state index in [9.17, 15) is 18.0 Å². The van der Waals surface area contributed by atoms with Crippen molar-refractivity contribution in [3.63, 3.8) is 0 Å². The molecule has 1 aromatic rings. The van der Waals surface area contributed by atoms with E-state index in [4.69, 9.17) is 0 Å². The van der Waals surface area contributed by atoms with Crippen molar-refractivity contribution in [2.24, 2.45) is 5.92 Å². The summed E-state index contributed by atoms with van der Waals surface area (Å²) >= 11 is 0. The Morgan fingerprint density at radius 1 is 1.35 bits per heavy atom. The highest BCUT2D eigenvalue weighted by Gasteiger charge is 2.30. The Kier molecular flexibility index (Phi) is 6.04. The molecule has 1 aliphatic heterocycles. The average Bonchev–Trinajstić information content (AvgIpc) is 2.53. The van der Waals surface area contributed by atoms with Crippen molar-refractivity contribution in [2.45, 2.75) is 38.3 Å². The van der Waals surface area contributed by atoms with Crippen molar-refractivity contribution in [3.8, 4) is 0 Å². The van der Waals surface area contributed by atoms with E-state index >= 15 is 0 Å². The van der Waals surface area contributed by atoms with Crippen molar-refractivity contribution in [1.29, 1.82) is 0 Å². The molecule has 1 fully saturated rings. The minimum atomic E-state index is -4.33. The number of halogens is 3. The molecular formula is C17H23F3N2O. The van der Waals surface area contributed by atoms with Gasteiger partial charge in [-0.15, -0.1) is 0 Å². The summed E-state index contributed by atoms with van der Waals surface area (Å²) < 4.78 is 37.6. The van der Waals surface area contributed by atoms with E-state index in [0.717, 1.165) is 43.6 Å². The van der Waals surface area contributed by atoms with E-state index in [1.807, 2.05) is 6.92 Å². The van der Waals surface area contributed by atoms with Crippen molar-refractivity contribution < 1.29 is 18.0 Å². The van der Waals surface area contributed by atoms with Gasteiger partial charge in [-0.25, -0.2) is 0 Å². The SMILES string of the molecule is CC(CC(=O)NCC1CCCNC1)c1ccc(C(F)(F)F)cc1. The predicted octanol–water partition coefficient (Wildman–Crippen LogP) is 3.31. The molecule has 6 heteroatoms. The Labute approximate surface area is 134 Å². The lowest BCUT2D eigenvalue weighted by Crippen LogP contribution is -2.38. The molecule has 0 aliphatic carbocycles. The molecule has 3 nitrogen and oxygen atoms in total. The summed E-state index contributed by atoms with van der Waals surface area (Å²) in [6, 6.07) is 5.03. The van der Waals surface area contributed by atoms with Gasteiger partial charge in [0.05, 0.1) is 5.56 Å². The molecule has 2 rings (SSSR count). The van der Waals surface area contributed by atoms with Crippen molar-refractivity contribution in [1.82, 2.24) is 10.6 Å². The largest absolute Gasteiger partial charge is 0.416 e. The Morgan fingerprint density at radius 2 is 2.04 bits per heavy atom. The number of hydrogen-bond acceptors (Lipinski definition) is 2. The van der Waals surface area contributed by atoms with Crippen LogP contribution in [0.25, 0.3) is 0 Å². The Balaban J connectivity index is 1.80. The Morgan fingerprint density at radius 3 is 2.61 bits per heavy atom. The zero-order valence-corrected chi connectivity index (χ0v) is 13.2. The molecule has 1 aliphatic rings. The molecule has 0 bridgehead atoms. The number of amides is 1. The molecule has 0 saturated carbocycles. The molecule has 23 heavy (non-hydrogen) atoms. The fraction of sp³-hybridized carbons (Fsp3) is 0.588. The minimum Gasteiger partial charge on any atom is -0.356 e. The fourth-order valence-electron chi connectivity index (χ4n) is 2.83. The third kappa shape index (κ3) is 5.53. The molecule has 128 valence electrons. The van der Waals surface area contributed by atoms with E-state index in [2.05, 4.69) is 10.6 Å². The predicted molar refractivity (Wildman–Crippen MR) is 83.1 cm³/mol. The summed E-state index contributed by atoms with van der Waals surface area (Å²) in [6.07, 6.45) is -1.80. The van der Waals surface area contributed by atoms with Gasteiger partial charge < -0.3 is 10.6 Å². The van der Waals surface area contributed by atoms with E-state index in [1.54, 1.807) is 0 Å². The number of carbonyl (C=O) groups excluding carboxylic acids is 1. The van der Waals surface area contributed by atoms with Crippen LogP contribution in [0.2, 0.25) is 0 Å². The maximum absolute atomic E-state index is 12.5. The number of piperidine rings is 1.